The predicted octanol–water partition coefficient (Wildman–Crippen LogP) is 4.78. The lowest BCUT2D eigenvalue weighted by Crippen LogP contribution is -2.76. The predicted molar refractivity (Wildman–Crippen MR) is 166 cm³/mol. The highest BCUT2D eigenvalue weighted by Gasteiger charge is 2.55. The normalized spacial score (nSPS) is 20.7. The van der Waals surface area contributed by atoms with Crippen molar-refractivity contribution in [1.29, 1.82) is 0 Å². The molecule has 3 aromatic rings. The number of halogens is 4. The van der Waals surface area contributed by atoms with Gasteiger partial charge in [-0.15, -0.1) is 0 Å². The third kappa shape index (κ3) is 6.75. The second kappa shape index (κ2) is 13.5. The Balaban J connectivity index is 1.65. The zero-order valence-electron chi connectivity index (χ0n) is 23.6. The van der Waals surface area contributed by atoms with Gasteiger partial charge in [0.1, 0.15) is 29.8 Å². The number of sulfonamides is 1. The number of nitrogens with zero attached hydrogens (tertiary/aromatic N) is 4. The summed E-state index contributed by atoms with van der Waals surface area (Å²) >= 11 is 18.4. The van der Waals surface area contributed by atoms with Gasteiger partial charge in [0.25, 0.3) is 0 Å². The number of alkyl halides is 1. The number of hydrogen-bond acceptors (Lipinski definition) is 5. The fraction of sp³-hybridized carbons (Fsp3) is 0.300. The van der Waals surface area contributed by atoms with Gasteiger partial charge in [-0.3, -0.25) is 14.5 Å². The van der Waals surface area contributed by atoms with E-state index in [0.29, 0.717) is 16.1 Å². The van der Waals surface area contributed by atoms with Gasteiger partial charge in [0.05, 0.1) is 11.6 Å². The van der Waals surface area contributed by atoms with Gasteiger partial charge in [-0.25, -0.2) is 17.6 Å². The van der Waals surface area contributed by atoms with Crippen molar-refractivity contribution >= 4 is 62.7 Å². The quantitative estimate of drug-likeness (QED) is 0.344. The van der Waals surface area contributed by atoms with E-state index < -0.39 is 59.4 Å². The van der Waals surface area contributed by atoms with Crippen molar-refractivity contribution < 1.29 is 32.3 Å². The van der Waals surface area contributed by atoms with Crippen LogP contribution in [-0.4, -0.2) is 95.0 Å². The molecule has 2 saturated heterocycles. The minimum absolute atomic E-state index is 0.0604. The summed E-state index contributed by atoms with van der Waals surface area (Å²) in [4.78, 5) is 43.7. The largest absolute Gasteiger partial charge is 0.465 e. The Bertz CT molecular complexity index is 1700. The van der Waals surface area contributed by atoms with Crippen molar-refractivity contribution in [3.05, 3.63) is 99.0 Å². The van der Waals surface area contributed by atoms with Crippen molar-refractivity contribution in [2.45, 2.75) is 36.1 Å². The smallest absolute Gasteiger partial charge is 0.408 e. The Kier molecular flexibility index (Phi) is 9.90. The van der Waals surface area contributed by atoms with Gasteiger partial charge in [-0.2, -0.15) is 4.31 Å². The number of piperazine rings is 1. The van der Waals surface area contributed by atoms with Gasteiger partial charge < -0.3 is 14.9 Å². The van der Waals surface area contributed by atoms with Crippen LogP contribution < -0.4 is 0 Å². The summed E-state index contributed by atoms with van der Waals surface area (Å²) in [6, 6.07) is 16.0. The molecule has 2 fully saturated rings. The highest BCUT2D eigenvalue weighted by atomic mass is 35.5. The van der Waals surface area contributed by atoms with Crippen LogP contribution in [-0.2, 0) is 32.6 Å². The molecule has 2 aliphatic heterocycles. The molecule has 3 atom stereocenters. The minimum atomic E-state index is -4.55. The lowest BCUT2D eigenvalue weighted by atomic mass is 9.96. The summed E-state index contributed by atoms with van der Waals surface area (Å²) in [7, 11) is -4.55. The number of carbonyl (C=O) groups is 3. The summed E-state index contributed by atoms with van der Waals surface area (Å²) in [6.07, 6.45) is -2.82. The molecular formula is C30H28Cl3FN4O6S. The number of rotatable bonds is 9. The van der Waals surface area contributed by atoms with Crippen LogP contribution in [0.5, 0.6) is 0 Å². The molecule has 0 radical (unpaired) electrons. The minimum Gasteiger partial charge on any atom is -0.465 e. The van der Waals surface area contributed by atoms with Crippen molar-refractivity contribution in [3.63, 3.8) is 0 Å². The molecule has 45 heavy (non-hydrogen) atoms. The lowest BCUT2D eigenvalue weighted by molar-refractivity contribution is -0.170. The highest BCUT2D eigenvalue weighted by molar-refractivity contribution is 7.89. The Labute approximate surface area is 274 Å². The van der Waals surface area contributed by atoms with Gasteiger partial charge in [0, 0.05) is 36.1 Å². The summed E-state index contributed by atoms with van der Waals surface area (Å²) in [5.74, 6) is -1.35. The Morgan fingerprint density at radius 2 is 1.58 bits per heavy atom. The molecule has 0 aromatic heterocycles. The molecule has 3 unspecified atom stereocenters. The standard InChI is InChI=1S/C30H28Cl3FN4O6S/c31-21-8-6-19(7-9-21)14-24-28(39)35(13-12-34)18-27-37(45(43,44)26-11-10-22(32)15-23(26)33)17-25(29(40)38(24)27)36(30(41)42)16-20-4-2-1-3-5-20/h1-11,15,24-25,27H,12-14,16-18H2,(H,41,42). The van der Waals surface area contributed by atoms with E-state index in [0.717, 1.165) is 14.1 Å². The molecule has 0 saturated carbocycles. The van der Waals surface area contributed by atoms with Crippen molar-refractivity contribution in [2.75, 3.05) is 26.3 Å². The molecule has 0 aliphatic carbocycles. The number of carbonyl (C=O) groups excluding carboxylic acids is 2. The maximum absolute atomic E-state index is 14.4. The molecular weight excluding hydrogens is 670 g/mol. The maximum atomic E-state index is 14.4. The van der Waals surface area contributed by atoms with Crippen LogP contribution in [0.25, 0.3) is 0 Å². The molecule has 0 spiro atoms. The van der Waals surface area contributed by atoms with Gasteiger partial charge in [0.15, 0.2) is 0 Å². The zero-order chi connectivity index (χ0) is 32.5. The van der Waals surface area contributed by atoms with E-state index >= 15 is 0 Å². The number of benzene rings is 3. The Morgan fingerprint density at radius 1 is 0.911 bits per heavy atom. The number of fused-ring (bicyclic) bond motifs is 1. The molecule has 2 aliphatic rings. The first kappa shape index (κ1) is 33.0. The summed E-state index contributed by atoms with van der Waals surface area (Å²) in [5.41, 5.74) is 1.16. The van der Waals surface area contributed by atoms with E-state index in [1.165, 1.54) is 23.1 Å². The van der Waals surface area contributed by atoms with Crippen LogP contribution in [0.15, 0.2) is 77.7 Å². The summed E-state index contributed by atoms with van der Waals surface area (Å²) in [6.45, 7) is -2.38. The van der Waals surface area contributed by atoms with Crippen molar-refractivity contribution in [1.82, 2.24) is 19.0 Å². The molecule has 0 bridgehead atoms. The van der Waals surface area contributed by atoms with Crippen molar-refractivity contribution in [2.24, 2.45) is 0 Å². The Morgan fingerprint density at radius 3 is 2.20 bits per heavy atom. The average molecular weight is 698 g/mol. The third-order valence-electron chi connectivity index (χ3n) is 7.86. The van der Waals surface area contributed by atoms with E-state index in [1.807, 2.05) is 0 Å². The number of hydrogen-bond donors (Lipinski definition) is 1. The van der Waals surface area contributed by atoms with E-state index in [4.69, 9.17) is 34.8 Å². The third-order valence-corrected chi connectivity index (χ3v) is 10.7. The molecule has 238 valence electrons. The van der Waals surface area contributed by atoms with Gasteiger partial charge in [-0.05, 0) is 41.5 Å². The van der Waals surface area contributed by atoms with E-state index in [1.54, 1.807) is 54.6 Å². The van der Waals surface area contributed by atoms with E-state index in [9.17, 15) is 32.3 Å². The molecule has 10 nitrogen and oxygen atoms in total. The monoisotopic (exact) mass is 696 g/mol. The SMILES string of the molecule is O=C1C(Cc2ccc(Cl)cc2)N2C(=O)C(N(Cc3ccccc3)C(=O)O)CN(S(=O)(=O)c3ccc(Cl)cc3Cl)C2CN1CCF. The summed E-state index contributed by atoms with van der Waals surface area (Å²) < 4.78 is 43.3. The fourth-order valence-corrected chi connectivity index (χ4v) is 8.16. The highest BCUT2D eigenvalue weighted by Crippen LogP contribution is 2.36. The van der Waals surface area contributed by atoms with Crippen LogP contribution in [0.1, 0.15) is 11.1 Å². The fourth-order valence-electron chi connectivity index (χ4n) is 5.71. The first-order chi connectivity index (χ1) is 21.4. The maximum Gasteiger partial charge on any atom is 0.408 e. The number of amides is 3. The zero-order valence-corrected chi connectivity index (χ0v) is 26.7. The topological polar surface area (TPSA) is 119 Å². The average Bonchev–Trinajstić information content (AvgIpc) is 2.99. The molecule has 3 aromatic carbocycles. The molecule has 5 rings (SSSR count). The molecule has 1 N–H and O–H groups in total. The second-order valence-electron chi connectivity index (χ2n) is 10.6. The molecule has 15 heteroatoms. The first-order valence-corrected chi connectivity index (χ1v) is 16.4. The van der Waals surface area contributed by atoms with Crippen LogP contribution in [0, 0.1) is 0 Å². The van der Waals surface area contributed by atoms with Gasteiger partial charge >= 0.3 is 6.09 Å². The van der Waals surface area contributed by atoms with Crippen LogP contribution >= 0.6 is 34.8 Å². The van der Waals surface area contributed by atoms with E-state index in [-0.39, 0.29) is 41.0 Å². The molecule has 3 amide bonds. The van der Waals surface area contributed by atoms with Crippen molar-refractivity contribution in [3.8, 4) is 0 Å². The second-order valence-corrected chi connectivity index (χ2v) is 13.7. The van der Waals surface area contributed by atoms with E-state index in [2.05, 4.69) is 0 Å². The lowest BCUT2D eigenvalue weighted by Gasteiger charge is -2.54. The molecule has 2 heterocycles. The Hall–Kier alpha value is -3.42. The van der Waals surface area contributed by atoms with Crippen LogP contribution in [0.3, 0.4) is 0 Å². The van der Waals surface area contributed by atoms with Gasteiger partial charge in [-0.1, -0.05) is 77.3 Å². The van der Waals surface area contributed by atoms with Gasteiger partial charge in [0.2, 0.25) is 21.8 Å². The van der Waals surface area contributed by atoms with Crippen LogP contribution in [0.4, 0.5) is 9.18 Å². The summed E-state index contributed by atoms with van der Waals surface area (Å²) in [5, 5.41) is 10.7. The van der Waals surface area contributed by atoms with Crippen LogP contribution in [0.2, 0.25) is 15.1 Å². The number of carboxylic acid groups (broad SMARTS) is 1. The first-order valence-electron chi connectivity index (χ1n) is 13.8.